The van der Waals surface area contributed by atoms with Crippen molar-refractivity contribution in [1.29, 1.82) is 0 Å². The van der Waals surface area contributed by atoms with Crippen molar-refractivity contribution in [2.45, 2.75) is 52.1 Å². The minimum atomic E-state index is -0.0401. The molecule has 0 saturated carbocycles. The first-order valence-electron chi connectivity index (χ1n) is 8.34. The molecule has 1 aliphatic rings. The summed E-state index contributed by atoms with van der Waals surface area (Å²) in [7, 11) is 1.65. The molecular formula is C16H33N3O2. The maximum atomic E-state index is 12.1. The van der Waals surface area contributed by atoms with Crippen molar-refractivity contribution < 1.29 is 9.53 Å². The van der Waals surface area contributed by atoms with Gasteiger partial charge in [0.2, 0.25) is 5.91 Å². The third-order valence-corrected chi connectivity index (χ3v) is 4.53. The minimum absolute atomic E-state index is 0.0401. The molecule has 2 unspecified atom stereocenters. The predicted octanol–water partition coefficient (Wildman–Crippen LogP) is 1.24. The molecule has 5 heteroatoms. The number of hydrogen-bond acceptors (Lipinski definition) is 4. The maximum absolute atomic E-state index is 12.1. The Balaban J connectivity index is 2.29. The van der Waals surface area contributed by atoms with Crippen molar-refractivity contribution in [1.82, 2.24) is 15.5 Å². The molecule has 21 heavy (non-hydrogen) atoms. The second-order valence-corrected chi connectivity index (χ2v) is 6.08. The fraction of sp³-hybridized carbons (Fsp3) is 0.938. The normalized spacial score (nSPS) is 20.2. The number of nitrogens with one attached hydrogen (secondary N) is 2. The quantitative estimate of drug-likeness (QED) is 0.629. The number of carbonyl (C=O) groups excluding carboxylic acids is 1. The Kier molecular flexibility index (Phi) is 8.88. The maximum Gasteiger partial charge on any atom is 0.237 e. The number of nitrogens with zero attached hydrogens (tertiary/aromatic N) is 1. The van der Waals surface area contributed by atoms with E-state index in [1.165, 1.54) is 19.3 Å². The van der Waals surface area contributed by atoms with Crippen LogP contribution in [0.5, 0.6) is 0 Å². The van der Waals surface area contributed by atoms with Crippen LogP contribution in [0.4, 0.5) is 0 Å². The second-order valence-electron chi connectivity index (χ2n) is 6.08. The third-order valence-electron chi connectivity index (χ3n) is 4.53. The van der Waals surface area contributed by atoms with E-state index in [9.17, 15) is 4.79 Å². The molecule has 0 aromatic rings. The number of piperidine rings is 1. The van der Waals surface area contributed by atoms with Gasteiger partial charge in [-0.05, 0) is 58.7 Å². The van der Waals surface area contributed by atoms with E-state index in [0.29, 0.717) is 19.2 Å². The SMILES string of the molecule is CCCNC(C)C1CCN(C(C)C(=O)NCCOC)CC1. The molecule has 0 aromatic carbocycles. The molecule has 0 aromatic heterocycles. The van der Waals surface area contributed by atoms with Gasteiger partial charge >= 0.3 is 0 Å². The van der Waals surface area contributed by atoms with E-state index in [1.807, 2.05) is 6.92 Å². The summed E-state index contributed by atoms with van der Waals surface area (Å²) in [5.74, 6) is 0.846. The van der Waals surface area contributed by atoms with Gasteiger partial charge in [-0.3, -0.25) is 9.69 Å². The summed E-state index contributed by atoms with van der Waals surface area (Å²) in [6.07, 6.45) is 3.53. The molecule has 2 atom stereocenters. The van der Waals surface area contributed by atoms with Crippen LogP contribution in [0.1, 0.15) is 40.0 Å². The van der Waals surface area contributed by atoms with Crippen LogP contribution in [0, 0.1) is 5.92 Å². The molecule has 0 radical (unpaired) electrons. The highest BCUT2D eigenvalue weighted by molar-refractivity contribution is 5.81. The molecule has 1 rings (SSSR count). The minimum Gasteiger partial charge on any atom is -0.383 e. The summed E-state index contributed by atoms with van der Waals surface area (Å²) in [6.45, 7) is 10.8. The average Bonchev–Trinajstić information content (AvgIpc) is 2.52. The average molecular weight is 299 g/mol. The summed E-state index contributed by atoms with van der Waals surface area (Å²) in [6, 6.07) is 0.541. The molecule has 0 spiro atoms. The number of likely N-dealkylation sites (tertiary alicyclic amines) is 1. The van der Waals surface area contributed by atoms with Gasteiger partial charge in [-0.15, -0.1) is 0 Å². The first-order valence-corrected chi connectivity index (χ1v) is 8.34. The van der Waals surface area contributed by atoms with Crippen molar-refractivity contribution in [3.8, 4) is 0 Å². The van der Waals surface area contributed by atoms with Crippen LogP contribution in [0.2, 0.25) is 0 Å². The predicted molar refractivity (Wildman–Crippen MR) is 86.4 cm³/mol. The molecule has 1 amide bonds. The number of rotatable bonds is 9. The van der Waals surface area contributed by atoms with E-state index in [1.54, 1.807) is 7.11 Å². The van der Waals surface area contributed by atoms with Gasteiger partial charge in [0, 0.05) is 19.7 Å². The fourth-order valence-corrected chi connectivity index (χ4v) is 2.94. The first-order chi connectivity index (χ1) is 10.1. The van der Waals surface area contributed by atoms with Gasteiger partial charge in [0.05, 0.1) is 12.6 Å². The Morgan fingerprint density at radius 2 is 1.95 bits per heavy atom. The van der Waals surface area contributed by atoms with Crippen LogP contribution >= 0.6 is 0 Å². The Morgan fingerprint density at radius 3 is 2.52 bits per heavy atom. The summed E-state index contributed by atoms with van der Waals surface area (Å²) >= 11 is 0. The highest BCUT2D eigenvalue weighted by atomic mass is 16.5. The Morgan fingerprint density at radius 1 is 1.29 bits per heavy atom. The van der Waals surface area contributed by atoms with Crippen molar-refractivity contribution >= 4 is 5.91 Å². The monoisotopic (exact) mass is 299 g/mol. The zero-order chi connectivity index (χ0) is 15.7. The summed E-state index contributed by atoms with van der Waals surface area (Å²) in [5, 5.41) is 6.52. The first kappa shape index (κ1) is 18.4. The molecule has 5 nitrogen and oxygen atoms in total. The van der Waals surface area contributed by atoms with E-state index < -0.39 is 0 Å². The van der Waals surface area contributed by atoms with Gasteiger partial charge in [-0.1, -0.05) is 6.92 Å². The lowest BCUT2D eigenvalue weighted by atomic mass is 9.89. The van der Waals surface area contributed by atoms with Crippen molar-refractivity contribution in [3.05, 3.63) is 0 Å². The lowest BCUT2D eigenvalue weighted by Gasteiger charge is -2.37. The van der Waals surface area contributed by atoms with Crippen molar-refractivity contribution in [2.24, 2.45) is 5.92 Å². The van der Waals surface area contributed by atoms with Crippen LogP contribution in [0.15, 0.2) is 0 Å². The number of hydrogen-bond donors (Lipinski definition) is 2. The number of ether oxygens (including phenoxy) is 1. The highest BCUT2D eigenvalue weighted by Gasteiger charge is 2.28. The number of carbonyl (C=O) groups is 1. The van der Waals surface area contributed by atoms with Crippen molar-refractivity contribution in [3.63, 3.8) is 0 Å². The number of amides is 1. The van der Waals surface area contributed by atoms with Crippen LogP contribution in [-0.2, 0) is 9.53 Å². The third kappa shape index (κ3) is 6.32. The lowest BCUT2D eigenvalue weighted by molar-refractivity contribution is -0.126. The topological polar surface area (TPSA) is 53.6 Å². The lowest BCUT2D eigenvalue weighted by Crippen LogP contribution is -2.50. The molecule has 124 valence electrons. The van der Waals surface area contributed by atoms with Crippen LogP contribution < -0.4 is 10.6 Å². The summed E-state index contributed by atoms with van der Waals surface area (Å²) in [5.41, 5.74) is 0. The molecule has 0 bridgehead atoms. The smallest absolute Gasteiger partial charge is 0.237 e. The van der Waals surface area contributed by atoms with E-state index >= 15 is 0 Å². The van der Waals surface area contributed by atoms with Crippen LogP contribution in [0.25, 0.3) is 0 Å². The summed E-state index contributed by atoms with van der Waals surface area (Å²) < 4.78 is 4.95. The van der Waals surface area contributed by atoms with E-state index in [0.717, 1.165) is 25.6 Å². The molecule has 1 fully saturated rings. The molecule has 1 heterocycles. The molecular weight excluding hydrogens is 266 g/mol. The van der Waals surface area contributed by atoms with Gasteiger partial charge in [0.1, 0.15) is 0 Å². The zero-order valence-electron chi connectivity index (χ0n) is 14.2. The van der Waals surface area contributed by atoms with Gasteiger partial charge < -0.3 is 15.4 Å². The highest BCUT2D eigenvalue weighted by Crippen LogP contribution is 2.22. The van der Waals surface area contributed by atoms with Gasteiger partial charge in [0.15, 0.2) is 0 Å². The Hall–Kier alpha value is -0.650. The molecule has 0 aliphatic carbocycles. The van der Waals surface area contributed by atoms with Crippen LogP contribution in [0.3, 0.4) is 0 Å². The Bertz CT molecular complexity index is 291. The molecule has 2 N–H and O–H groups in total. The zero-order valence-corrected chi connectivity index (χ0v) is 14.2. The van der Waals surface area contributed by atoms with E-state index in [2.05, 4.69) is 29.4 Å². The standard InChI is InChI=1S/C16H33N3O2/c1-5-8-17-13(2)15-6-10-19(11-7-15)14(3)16(20)18-9-12-21-4/h13-15,17H,5-12H2,1-4H3,(H,18,20). The molecule has 1 aliphatic heterocycles. The van der Waals surface area contributed by atoms with E-state index in [-0.39, 0.29) is 11.9 Å². The van der Waals surface area contributed by atoms with Gasteiger partial charge in [0.25, 0.3) is 0 Å². The van der Waals surface area contributed by atoms with Crippen LogP contribution in [-0.4, -0.2) is 62.8 Å². The largest absolute Gasteiger partial charge is 0.383 e. The van der Waals surface area contributed by atoms with E-state index in [4.69, 9.17) is 4.74 Å². The summed E-state index contributed by atoms with van der Waals surface area (Å²) in [4.78, 5) is 14.3. The second kappa shape index (κ2) is 10.1. The fourth-order valence-electron chi connectivity index (χ4n) is 2.94. The van der Waals surface area contributed by atoms with Gasteiger partial charge in [-0.2, -0.15) is 0 Å². The number of methoxy groups -OCH3 is 1. The Labute approximate surface area is 129 Å². The molecule has 1 saturated heterocycles. The van der Waals surface area contributed by atoms with Gasteiger partial charge in [-0.25, -0.2) is 0 Å². The van der Waals surface area contributed by atoms with Crippen molar-refractivity contribution in [2.75, 3.05) is 39.9 Å².